The smallest absolute Gasteiger partial charge is 0.234 e. The molecule has 1 amide bonds. The largest absolute Gasteiger partial charge is 0.367 e. The number of hydrogen-bond donors (Lipinski definition) is 2. The number of carbonyl (C=O) groups excluding carboxylic acids is 1. The number of carbonyl (C=O) groups is 1. The third-order valence-corrected chi connectivity index (χ3v) is 6.97. The van der Waals surface area contributed by atoms with Gasteiger partial charge in [-0.1, -0.05) is 72.8 Å². The van der Waals surface area contributed by atoms with Crippen molar-refractivity contribution in [2.45, 2.75) is 18.9 Å². The van der Waals surface area contributed by atoms with Crippen LogP contribution in [0, 0.1) is 0 Å². The van der Waals surface area contributed by atoms with E-state index in [9.17, 15) is 4.79 Å². The zero-order valence-corrected chi connectivity index (χ0v) is 21.8. The van der Waals surface area contributed by atoms with Gasteiger partial charge in [0.25, 0.3) is 0 Å². The molecule has 1 aliphatic heterocycles. The quantitative estimate of drug-likeness (QED) is 0.345. The molecule has 4 rings (SSSR count). The molecule has 36 heavy (non-hydrogen) atoms. The van der Waals surface area contributed by atoms with Gasteiger partial charge in [0.05, 0.1) is 12.4 Å². The van der Waals surface area contributed by atoms with Crippen molar-refractivity contribution in [3.8, 4) is 0 Å². The molecule has 0 bridgehead atoms. The minimum atomic E-state index is -0.0796. The third-order valence-electron chi connectivity index (χ3n) is 6.68. The van der Waals surface area contributed by atoms with Crippen molar-refractivity contribution in [3.63, 3.8) is 0 Å². The standard InChI is InChI=1S/C30H37N3O2S/c34-29(24-36)31-28-15-13-25(14-16-28)8-7-17-32-18-20-33(21-19-32)22-23-35-30(26-9-3-1-4-10-26)27-11-5-2-6-12-27/h1-6,9-16,30,36H,7-8,17-24H2,(H,31,34). The molecule has 1 heterocycles. The van der Waals surface area contributed by atoms with E-state index in [-0.39, 0.29) is 17.8 Å². The second kappa shape index (κ2) is 14.2. The summed E-state index contributed by atoms with van der Waals surface area (Å²) in [5.41, 5.74) is 4.54. The molecule has 0 radical (unpaired) electrons. The highest BCUT2D eigenvalue weighted by Crippen LogP contribution is 2.25. The van der Waals surface area contributed by atoms with E-state index in [2.05, 4.69) is 88.4 Å². The van der Waals surface area contributed by atoms with Gasteiger partial charge in [-0.15, -0.1) is 0 Å². The lowest BCUT2D eigenvalue weighted by molar-refractivity contribution is -0.113. The van der Waals surface area contributed by atoms with Crippen molar-refractivity contribution in [1.82, 2.24) is 9.80 Å². The third kappa shape index (κ3) is 8.20. The number of amides is 1. The van der Waals surface area contributed by atoms with Gasteiger partial charge in [0, 0.05) is 38.4 Å². The van der Waals surface area contributed by atoms with Gasteiger partial charge in [-0.3, -0.25) is 9.69 Å². The number of nitrogens with one attached hydrogen (secondary N) is 1. The van der Waals surface area contributed by atoms with E-state index in [1.54, 1.807) is 0 Å². The molecule has 1 aliphatic rings. The molecule has 1 N–H and O–H groups in total. The number of ether oxygens (including phenoxy) is 1. The average Bonchev–Trinajstić information content (AvgIpc) is 2.94. The maximum Gasteiger partial charge on any atom is 0.234 e. The minimum Gasteiger partial charge on any atom is -0.367 e. The highest BCUT2D eigenvalue weighted by atomic mass is 32.1. The predicted octanol–water partition coefficient (Wildman–Crippen LogP) is 4.91. The monoisotopic (exact) mass is 503 g/mol. The first-order valence-corrected chi connectivity index (χ1v) is 13.5. The molecule has 3 aromatic carbocycles. The molecular weight excluding hydrogens is 466 g/mol. The SMILES string of the molecule is O=C(CS)Nc1ccc(CCCN2CCN(CCOC(c3ccccc3)c3ccccc3)CC2)cc1. The van der Waals surface area contributed by atoms with Crippen LogP contribution in [-0.2, 0) is 16.0 Å². The van der Waals surface area contributed by atoms with E-state index in [1.807, 2.05) is 24.3 Å². The minimum absolute atomic E-state index is 0.0259. The molecule has 0 aliphatic carbocycles. The number of anilines is 1. The molecule has 5 nitrogen and oxygen atoms in total. The fourth-order valence-electron chi connectivity index (χ4n) is 4.64. The van der Waals surface area contributed by atoms with E-state index in [4.69, 9.17) is 4.74 Å². The van der Waals surface area contributed by atoms with Crippen molar-refractivity contribution in [2.24, 2.45) is 0 Å². The molecule has 3 aromatic rings. The maximum atomic E-state index is 11.4. The number of aryl methyl sites for hydroxylation is 1. The Hall–Kier alpha value is -2.64. The van der Waals surface area contributed by atoms with E-state index in [1.165, 1.54) is 16.7 Å². The Kier molecular flexibility index (Phi) is 10.4. The molecule has 0 aromatic heterocycles. The van der Waals surface area contributed by atoms with Crippen LogP contribution in [0.2, 0.25) is 0 Å². The maximum absolute atomic E-state index is 11.4. The first-order chi connectivity index (χ1) is 17.7. The highest BCUT2D eigenvalue weighted by Gasteiger charge is 2.18. The number of piperazine rings is 1. The number of hydrogen-bond acceptors (Lipinski definition) is 5. The van der Waals surface area contributed by atoms with Crippen LogP contribution in [0.1, 0.15) is 29.2 Å². The van der Waals surface area contributed by atoms with Crippen molar-refractivity contribution < 1.29 is 9.53 Å². The van der Waals surface area contributed by atoms with Crippen molar-refractivity contribution >= 4 is 24.2 Å². The van der Waals surface area contributed by atoms with Crippen LogP contribution in [-0.4, -0.2) is 67.3 Å². The summed E-state index contributed by atoms with van der Waals surface area (Å²) < 4.78 is 6.41. The molecule has 0 atom stereocenters. The summed E-state index contributed by atoms with van der Waals surface area (Å²) in [5, 5.41) is 2.83. The van der Waals surface area contributed by atoms with Gasteiger partial charge in [0.1, 0.15) is 6.10 Å². The predicted molar refractivity (Wildman–Crippen MR) is 151 cm³/mol. The van der Waals surface area contributed by atoms with Gasteiger partial charge >= 0.3 is 0 Å². The lowest BCUT2D eigenvalue weighted by Crippen LogP contribution is -2.47. The van der Waals surface area contributed by atoms with E-state index >= 15 is 0 Å². The van der Waals surface area contributed by atoms with Crippen LogP contribution in [0.4, 0.5) is 5.69 Å². The first-order valence-electron chi connectivity index (χ1n) is 12.9. The van der Waals surface area contributed by atoms with E-state index < -0.39 is 0 Å². The summed E-state index contributed by atoms with van der Waals surface area (Å²) in [5.74, 6) is 0.119. The highest BCUT2D eigenvalue weighted by molar-refractivity contribution is 7.81. The molecule has 0 saturated carbocycles. The zero-order valence-electron chi connectivity index (χ0n) is 20.9. The van der Waals surface area contributed by atoms with Gasteiger partial charge in [0.2, 0.25) is 5.91 Å². The summed E-state index contributed by atoms with van der Waals surface area (Å²) in [6, 6.07) is 29.1. The summed E-state index contributed by atoms with van der Waals surface area (Å²) in [4.78, 5) is 16.5. The molecular formula is C30H37N3O2S. The van der Waals surface area contributed by atoms with E-state index in [0.717, 1.165) is 64.4 Å². The summed E-state index contributed by atoms with van der Waals surface area (Å²) in [7, 11) is 0. The number of nitrogens with zero attached hydrogens (tertiary/aromatic N) is 2. The lowest BCUT2D eigenvalue weighted by Gasteiger charge is -2.35. The van der Waals surface area contributed by atoms with Crippen LogP contribution in [0.15, 0.2) is 84.9 Å². The Morgan fingerprint density at radius 3 is 1.92 bits per heavy atom. The fraction of sp³-hybridized carbons (Fsp3) is 0.367. The Bertz CT molecular complexity index is 999. The Labute approximate surface area is 220 Å². The summed E-state index contributed by atoms with van der Waals surface area (Å²) >= 11 is 3.99. The summed E-state index contributed by atoms with van der Waals surface area (Å²) in [6.45, 7) is 7.19. The van der Waals surface area contributed by atoms with Gasteiger partial charge < -0.3 is 15.0 Å². The number of rotatable bonds is 12. The fourth-order valence-corrected chi connectivity index (χ4v) is 4.72. The second-order valence-corrected chi connectivity index (χ2v) is 9.58. The summed E-state index contributed by atoms with van der Waals surface area (Å²) in [6.07, 6.45) is 2.17. The Morgan fingerprint density at radius 2 is 1.36 bits per heavy atom. The molecule has 0 spiro atoms. The zero-order chi connectivity index (χ0) is 25.0. The van der Waals surface area contributed by atoms with Gasteiger partial charge in [0.15, 0.2) is 0 Å². The van der Waals surface area contributed by atoms with Crippen LogP contribution in [0.5, 0.6) is 0 Å². The molecule has 190 valence electrons. The van der Waals surface area contributed by atoms with Crippen LogP contribution < -0.4 is 5.32 Å². The van der Waals surface area contributed by atoms with Gasteiger partial charge in [-0.05, 0) is 48.2 Å². The van der Waals surface area contributed by atoms with Gasteiger partial charge in [-0.25, -0.2) is 0 Å². The lowest BCUT2D eigenvalue weighted by atomic mass is 10.0. The van der Waals surface area contributed by atoms with Gasteiger partial charge in [-0.2, -0.15) is 12.6 Å². The van der Waals surface area contributed by atoms with Crippen LogP contribution >= 0.6 is 12.6 Å². The van der Waals surface area contributed by atoms with Crippen LogP contribution in [0.25, 0.3) is 0 Å². The Balaban J connectivity index is 1.15. The average molecular weight is 504 g/mol. The Morgan fingerprint density at radius 1 is 0.806 bits per heavy atom. The topological polar surface area (TPSA) is 44.8 Å². The molecule has 1 saturated heterocycles. The molecule has 0 unspecified atom stereocenters. The van der Waals surface area contributed by atoms with E-state index in [0.29, 0.717) is 0 Å². The molecule has 1 fully saturated rings. The number of benzene rings is 3. The van der Waals surface area contributed by atoms with Crippen molar-refractivity contribution in [2.75, 3.05) is 56.9 Å². The number of thiol groups is 1. The normalized spacial score (nSPS) is 14.7. The second-order valence-electron chi connectivity index (χ2n) is 9.26. The van der Waals surface area contributed by atoms with Crippen molar-refractivity contribution in [1.29, 1.82) is 0 Å². The molecule has 6 heteroatoms. The van der Waals surface area contributed by atoms with Crippen molar-refractivity contribution in [3.05, 3.63) is 102 Å². The van der Waals surface area contributed by atoms with Crippen LogP contribution in [0.3, 0.4) is 0 Å². The first kappa shape index (κ1) is 26.4.